The van der Waals surface area contributed by atoms with Crippen LogP contribution in [0.5, 0.6) is 0 Å². The van der Waals surface area contributed by atoms with Crippen LogP contribution in [-0.2, 0) is 4.74 Å². The summed E-state index contributed by atoms with van der Waals surface area (Å²) >= 11 is 4.26. The van der Waals surface area contributed by atoms with Gasteiger partial charge in [0.1, 0.15) is 42.1 Å². The Bertz CT molecular complexity index is 1060. The first-order chi connectivity index (χ1) is 13.9. The number of hydrogen-bond donors (Lipinski definition) is 5. The molecule has 150 valence electrons. The van der Waals surface area contributed by atoms with Crippen LogP contribution in [0, 0.1) is 22.7 Å². The van der Waals surface area contributed by atoms with Crippen LogP contribution in [0.25, 0.3) is 11.1 Å². The lowest BCUT2D eigenvalue weighted by Gasteiger charge is -2.41. The zero-order valence-corrected chi connectivity index (χ0v) is 15.8. The van der Waals surface area contributed by atoms with Crippen molar-refractivity contribution in [2.45, 2.75) is 35.7 Å². The second-order valence-corrected chi connectivity index (χ2v) is 6.86. The molecular weight excluding hydrogens is 398 g/mol. The third-order valence-corrected chi connectivity index (χ3v) is 5.23. The Morgan fingerprint density at radius 3 is 2.21 bits per heavy atom. The molecule has 0 saturated carbocycles. The number of aliphatic hydroxyl groups excluding tert-OH is 4. The van der Waals surface area contributed by atoms with Gasteiger partial charge >= 0.3 is 0 Å². The molecule has 1 aliphatic rings. The van der Waals surface area contributed by atoms with Crippen LogP contribution in [0.2, 0.25) is 0 Å². The quantitative estimate of drug-likeness (QED) is 0.420. The van der Waals surface area contributed by atoms with Crippen LogP contribution in [-0.4, -0.2) is 56.0 Å². The van der Waals surface area contributed by atoms with E-state index < -0.39 is 42.8 Å². The Labute approximate surface area is 170 Å². The van der Waals surface area contributed by atoms with Gasteiger partial charge in [0.15, 0.2) is 6.23 Å². The molecular formula is C19H17N3O6S. The van der Waals surface area contributed by atoms with Crippen LogP contribution in [0.15, 0.2) is 40.2 Å². The molecule has 1 aromatic carbocycles. The smallest absolute Gasteiger partial charge is 0.272 e. The normalized spacial score (nSPS) is 26.5. The lowest BCUT2D eigenvalue weighted by atomic mass is 9.95. The van der Waals surface area contributed by atoms with Gasteiger partial charge in [0.25, 0.3) is 5.56 Å². The number of ether oxygens (including phenoxy) is 1. The summed E-state index contributed by atoms with van der Waals surface area (Å²) in [5.74, 6) is 0. The molecule has 2 aromatic rings. The minimum absolute atomic E-state index is 0.0893. The molecule has 5 atom stereocenters. The molecule has 0 spiro atoms. The predicted octanol–water partition coefficient (Wildman–Crippen LogP) is -0.480. The molecule has 9 nitrogen and oxygen atoms in total. The van der Waals surface area contributed by atoms with Gasteiger partial charge < -0.3 is 25.2 Å². The van der Waals surface area contributed by atoms with Gasteiger partial charge in [-0.2, -0.15) is 10.5 Å². The highest BCUT2D eigenvalue weighted by Gasteiger charge is 2.45. The number of aromatic nitrogens is 1. The van der Waals surface area contributed by atoms with Crippen LogP contribution in [0.1, 0.15) is 17.4 Å². The van der Waals surface area contributed by atoms with E-state index in [1.54, 1.807) is 36.4 Å². The summed E-state index contributed by atoms with van der Waals surface area (Å²) in [6.45, 7) is -0.698. The van der Waals surface area contributed by atoms with E-state index >= 15 is 0 Å². The van der Waals surface area contributed by atoms with E-state index in [9.17, 15) is 35.7 Å². The van der Waals surface area contributed by atoms with Gasteiger partial charge in [-0.05, 0) is 5.56 Å². The number of rotatable bonds is 3. The lowest BCUT2D eigenvalue weighted by molar-refractivity contribution is -0.253. The molecule has 3 rings (SSSR count). The first-order valence-electron chi connectivity index (χ1n) is 8.54. The molecule has 0 aliphatic carbocycles. The van der Waals surface area contributed by atoms with E-state index in [4.69, 9.17) is 4.74 Å². The number of pyridine rings is 1. The second-order valence-electron chi connectivity index (χ2n) is 6.43. The summed E-state index contributed by atoms with van der Waals surface area (Å²) in [6, 6.07) is 12.1. The van der Waals surface area contributed by atoms with Crippen LogP contribution >= 0.6 is 12.6 Å². The third-order valence-electron chi connectivity index (χ3n) is 4.79. The van der Waals surface area contributed by atoms with Crippen LogP contribution in [0.3, 0.4) is 0 Å². The van der Waals surface area contributed by atoms with Crippen molar-refractivity contribution in [1.29, 1.82) is 10.5 Å². The van der Waals surface area contributed by atoms with E-state index in [0.717, 1.165) is 4.57 Å². The Morgan fingerprint density at radius 2 is 1.66 bits per heavy atom. The number of nitriles is 2. The molecule has 0 bridgehead atoms. The Balaban J connectivity index is 2.29. The van der Waals surface area contributed by atoms with Crippen molar-refractivity contribution in [3.05, 3.63) is 51.8 Å². The second kappa shape index (κ2) is 8.35. The van der Waals surface area contributed by atoms with Crippen molar-refractivity contribution in [1.82, 2.24) is 4.57 Å². The molecule has 1 fully saturated rings. The van der Waals surface area contributed by atoms with Gasteiger partial charge in [-0.1, -0.05) is 30.3 Å². The molecule has 2 heterocycles. The van der Waals surface area contributed by atoms with Crippen molar-refractivity contribution in [2.24, 2.45) is 0 Å². The fourth-order valence-corrected chi connectivity index (χ4v) is 3.68. The maximum Gasteiger partial charge on any atom is 0.272 e. The van der Waals surface area contributed by atoms with E-state index in [-0.39, 0.29) is 21.7 Å². The molecule has 0 radical (unpaired) electrons. The molecule has 1 saturated heterocycles. The van der Waals surface area contributed by atoms with E-state index in [1.165, 1.54) is 0 Å². The maximum absolute atomic E-state index is 13.1. The summed E-state index contributed by atoms with van der Waals surface area (Å²) in [6.07, 6.45) is -8.01. The van der Waals surface area contributed by atoms with E-state index in [2.05, 4.69) is 12.6 Å². The lowest BCUT2D eigenvalue weighted by Crippen LogP contribution is -2.57. The van der Waals surface area contributed by atoms with E-state index in [0.29, 0.717) is 5.56 Å². The first-order valence-corrected chi connectivity index (χ1v) is 8.99. The Morgan fingerprint density at radius 1 is 1.03 bits per heavy atom. The molecule has 29 heavy (non-hydrogen) atoms. The Kier molecular flexibility index (Phi) is 6.05. The van der Waals surface area contributed by atoms with Gasteiger partial charge in [-0.15, -0.1) is 12.6 Å². The number of aliphatic hydroxyl groups is 4. The summed E-state index contributed by atoms with van der Waals surface area (Å²) < 4.78 is 6.18. The largest absolute Gasteiger partial charge is 0.394 e. The molecule has 10 heteroatoms. The van der Waals surface area contributed by atoms with Gasteiger partial charge in [0.2, 0.25) is 0 Å². The fraction of sp³-hybridized carbons (Fsp3) is 0.316. The van der Waals surface area contributed by atoms with E-state index in [1.807, 2.05) is 6.07 Å². The van der Waals surface area contributed by atoms with Gasteiger partial charge in [0, 0.05) is 5.56 Å². The number of benzene rings is 1. The summed E-state index contributed by atoms with van der Waals surface area (Å²) in [5.41, 5.74) is -0.838. The van der Waals surface area contributed by atoms with Crippen molar-refractivity contribution >= 4 is 12.6 Å². The first kappa shape index (κ1) is 21.0. The topological polar surface area (TPSA) is 160 Å². The van der Waals surface area contributed by atoms with Gasteiger partial charge in [-0.3, -0.25) is 9.36 Å². The SMILES string of the molecule is N#Cc1c(-c2ccccc2)c(C#N)c(=O)n(C2OC(CO)C(O)C(O)C2O)c1S. The molecule has 0 amide bonds. The van der Waals surface area contributed by atoms with Gasteiger partial charge in [0.05, 0.1) is 17.2 Å². The Hall–Kier alpha value is -2.70. The standard InChI is InChI=1S/C19H17N3O6S/c20-6-10-13(9-4-2-1-3-5-9)11(7-21)19(29)22(17(10)27)18-16(26)15(25)14(24)12(8-23)28-18/h1-5,12,14-16,18,23-26,29H,8H2. The monoisotopic (exact) mass is 415 g/mol. The fourth-order valence-electron chi connectivity index (χ4n) is 3.32. The highest BCUT2D eigenvalue weighted by atomic mass is 32.1. The number of thiol groups is 1. The predicted molar refractivity (Wildman–Crippen MR) is 102 cm³/mol. The van der Waals surface area contributed by atoms with Gasteiger partial charge in [-0.25, -0.2) is 0 Å². The molecule has 1 aromatic heterocycles. The van der Waals surface area contributed by atoms with Crippen molar-refractivity contribution < 1.29 is 25.2 Å². The average molecular weight is 415 g/mol. The highest BCUT2D eigenvalue weighted by molar-refractivity contribution is 7.80. The molecule has 1 aliphatic heterocycles. The maximum atomic E-state index is 13.1. The summed E-state index contributed by atoms with van der Waals surface area (Å²) in [7, 11) is 0. The highest BCUT2D eigenvalue weighted by Crippen LogP contribution is 2.34. The zero-order chi connectivity index (χ0) is 21.3. The van der Waals surface area contributed by atoms with Crippen molar-refractivity contribution in [3.8, 4) is 23.3 Å². The molecule has 5 unspecified atom stereocenters. The van der Waals surface area contributed by atoms with Crippen molar-refractivity contribution in [2.75, 3.05) is 6.61 Å². The number of hydrogen-bond acceptors (Lipinski definition) is 9. The zero-order valence-electron chi connectivity index (χ0n) is 14.9. The molecule has 4 N–H and O–H groups in total. The number of nitrogens with zero attached hydrogens (tertiary/aromatic N) is 3. The minimum atomic E-state index is -1.78. The van der Waals surface area contributed by atoms with Crippen molar-refractivity contribution in [3.63, 3.8) is 0 Å². The summed E-state index contributed by atoms with van der Waals surface area (Å²) in [4.78, 5) is 13.1. The minimum Gasteiger partial charge on any atom is -0.394 e. The average Bonchev–Trinajstić information content (AvgIpc) is 2.74. The third kappa shape index (κ3) is 3.43. The van der Waals surface area contributed by atoms with Crippen LogP contribution in [0.4, 0.5) is 0 Å². The summed E-state index contributed by atoms with van der Waals surface area (Å²) in [5, 5.41) is 58.8. The van der Waals surface area contributed by atoms with Crippen LogP contribution < -0.4 is 5.56 Å².